The summed E-state index contributed by atoms with van der Waals surface area (Å²) in [5.74, 6) is 1.31. The minimum absolute atomic E-state index is 0.464. The van der Waals surface area contributed by atoms with Gasteiger partial charge in [-0.3, -0.25) is 0 Å². The Balaban J connectivity index is 2.11. The van der Waals surface area contributed by atoms with Gasteiger partial charge in [0.25, 0.3) is 0 Å². The van der Waals surface area contributed by atoms with Gasteiger partial charge in [0.15, 0.2) is 0 Å². The first-order chi connectivity index (χ1) is 10.00. The summed E-state index contributed by atoms with van der Waals surface area (Å²) in [4.78, 5) is 0. The van der Waals surface area contributed by atoms with Gasteiger partial charge < -0.3 is 4.74 Å². The third kappa shape index (κ3) is 4.60. The molecule has 0 aliphatic heterocycles. The van der Waals surface area contributed by atoms with E-state index in [2.05, 4.69) is 4.36 Å². The van der Waals surface area contributed by atoms with E-state index in [1.165, 1.54) is 0 Å². The molecule has 2 rings (SSSR count). The fourth-order valence-electron chi connectivity index (χ4n) is 2.05. The molecular formula is C17H21NO2S. The maximum atomic E-state index is 12.6. The molecular weight excluding hydrogens is 282 g/mol. The van der Waals surface area contributed by atoms with E-state index in [0.29, 0.717) is 12.3 Å². The van der Waals surface area contributed by atoms with Crippen molar-refractivity contribution in [3.8, 4) is 5.75 Å². The van der Waals surface area contributed by atoms with Crippen LogP contribution in [0.4, 0.5) is 0 Å². The molecule has 0 heterocycles. The topological polar surface area (TPSA) is 38.7 Å². The van der Waals surface area contributed by atoms with Gasteiger partial charge in [-0.2, -0.15) is 0 Å². The van der Waals surface area contributed by atoms with Crippen molar-refractivity contribution in [3.63, 3.8) is 0 Å². The zero-order valence-electron chi connectivity index (χ0n) is 12.7. The lowest BCUT2D eigenvalue weighted by atomic mass is 10.1. The van der Waals surface area contributed by atoms with Gasteiger partial charge in [0.1, 0.15) is 5.75 Å². The number of ether oxygens (including phenoxy) is 1. The Morgan fingerprint density at radius 1 is 1.10 bits per heavy atom. The van der Waals surface area contributed by atoms with Crippen molar-refractivity contribution in [1.29, 1.82) is 0 Å². The second-order valence-corrected chi connectivity index (χ2v) is 7.63. The van der Waals surface area contributed by atoms with E-state index >= 15 is 0 Å². The normalized spacial score (nSPS) is 13.5. The van der Waals surface area contributed by atoms with E-state index in [1.54, 1.807) is 13.4 Å². The van der Waals surface area contributed by atoms with Crippen molar-refractivity contribution in [2.75, 3.05) is 13.4 Å². The number of hydrogen-bond acceptors (Lipinski definition) is 3. The summed E-state index contributed by atoms with van der Waals surface area (Å²) in [5, 5.41) is 0. The highest BCUT2D eigenvalue weighted by molar-refractivity contribution is 7.92. The number of benzene rings is 2. The molecule has 0 aliphatic carbocycles. The third-order valence-electron chi connectivity index (χ3n) is 3.36. The van der Waals surface area contributed by atoms with E-state index in [-0.39, 0.29) is 0 Å². The highest BCUT2D eigenvalue weighted by atomic mass is 32.2. The van der Waals surface area contributed by atoms with Gasteiger partial charge >= 0.3 is 0 Å². The Hall–Kier alpha value is -1.81. The highest BCUT2D eigenvalue weighted by Gasteiger charge is 2.06. The smallest absolute Gasteiger partial charge is 0.118 e. The van der Waals surface area contributed by atoms with E-state index < -0.39 is 9.73 Å². The highest BCUT2D eigenvalue weighted by Crippen LogP contribution is 2.15. The summed E-state index contributed by atoms with van der Waals surface area (Å²) in [6.45, 7) is 2.50. The van der Waals surface area contributed by atoms with Crippen LogP contribution in [0.5, 0.6) is 5.75 Å². The van der Waals surface area contributed by atoms with Crippen LogP contribution in [0.2, 0.25) is 0 Å². The molecule has 0 aromatic heterocycles. The van der Waals surface area contributed by atoms with Crippen molar-refractivity contribution >= 4 is 9.73 Å². The zero-order chi connectivity index (χ0) is 15.3. The molecule has 1 atom stereocenters. The fourth-order valence-corrected chi connectivity index (χ4v) is 3.46. The molecule has 0 spiro atoms. The quantitative estimate of drug-likeness (QED) is 0.842. The molecule has 0 saturated carbocycles. The third-order valence-corrected chi connectivity index (χ3v) is 4.89. The second kappa shape index (κ2) is 6.76. The first-order valence-corrected chi connectivity index (χ1v) is 8.92. The lowest BCUT2D eigenvalue weighted by molar-refractivity contribution is 0.414. The Morgan fingerprint density at radius 3 is 2.38 bits per heavy atom. The molecule has 3 nitrogen and oxygen atoms in total. The van der Waals surface area contributed by atoms with Gasteiger partial charge in [0.2, 0.25) is 0 Å². The maximum absolute atomic E-state index is 12.6. The van der Waals surface area contributed by atoms with E-state index in [0.717, 1.165) is 22.4 Å². The molecule has 0 aliphatic rings. The van der Waals surface area contributed by atoms with Crippen molar-refractivity contribution in [2.45, 2.75) is 19.2 Å². The van der Waals surface area contributed by atoms with E-state index in [9.17, 15) is 4.21 Å². The number of nitrogens with zero attached hydrogens (tertiary/aromatic N) is 1. The first kappa shape index (κ1) is 15.6. The van der Waals surface area contributed by atoms with Crippen LogP contribution < -0.4 is 4.74 Å². The summed E-state index contributed by atoms with van der Waals surface area (Å²) >= 11 is 0. The van der Waals surface area contributed by atoms with Crippen LogP contribution >= 0.6 is 0 Å². The van der Waals surface area contributed by atoms with Gasteiger partial charge in [0, 0.05) is 16.0 Å². The standard InChI is InChI=1S/C17H21NO2S/c1-14-6-4-5-7-16(14)13-21(3,19)18-12-15-8-10-17(20-2)11-9-15/h4-11H,12-13H2,1-3H3. The van der Waals surface area contributed by atoms with Gasteiger partial charge in [-0.1, -0.05) is 36.4 Å². The molecule has 2 aromatic carbocycles. The second-order valence-electron chi connectivity index (χ2n) is 5.17. The molecule has 21 heavy (non-hydrogen) atoms. The predicted octanol–water partition coefficient (Wildman–Crippen LogP) is 3.80. The summed E-state index contributed by atoms with van der Waals surface area (Å²) in [7, 11) is -0.588. The van der Waals surface area contributed by atoms with E-state index in [4.69, 9.17) is 4.74 Å². The number of hydrogen-bond donors (Lipinski definition) is 0. The molecule has 4 heteroatoms. The van der Waals surface area contributed by atoms with Crippen LogP contribution in [0.1, 0.15) is 16.7 Å². The minimum Gasteiger partial charge on any atom is -0.497 e. The van der Waals surface area contributed by atoms with Crippen molar-refractivity contribution in [3.05, 3.63) is 65.2 Å². The summed E-state index contributed by atoms with van der Waals surface area (Å²) in [5.41, 5.74) is 3.30. The SMILES string of the molecule is COc1ccc(CN=S(C)(=O)Cc2ccccc2C)cc1. The largest absolute Gasteiger partial charge is 0.497 e. The monoisotopic (exact) mass is 303 g/mol. The maximum Gasteiger partial charge on any atom is 0.118 e. The van der Waals surface area contributed by atoms with Gasteiger partial charge in [-0.05, 0) is 35.7 Å². The molecule has 0 saturated heterocycles. The van der Waals surface area contributed by atoms with Crippen LogP contribution in [0.15, 0.2) is 52.9 Å². The Morgan fingerprint density at radius 2 is 1.76 bits per heavy atom. The average Bonchev–Trinajstić information content (AvgIpc) is 2.48. The molecule has 0 fully saturated rings. The fraction of sp³-hybridized carbons (Fsp3) is 0.294. The van der Waals surface area contributed by atoms with Gasteiger partial charge in [-0.25, -0.2) is 8.57 Å². The Kier molecular flexibility index (Phi) is 5.02. The molecule has 0 radical (unpaired) electrons. The molecule has 2 aromatic rings. The summed E-state index contributed by atoms with van der Waals surface area (Å²) in [6.07, 6.45) is 1.73. The number of aryl methyl sites for hydroxylation is 1. The number of methoxy groups -OCH3 is 1. The van der Waals surface area contributed by atoms with Gasteiger partial charge in [-0.15, -0.1) is 0 Å². The van der Waals surface area contributed by atoms with Crippen molar-refractivity contribution in [2.24, 2.45) is 4.36 Å². The van der Waals surface area contributed by atoms with Crippen molar-refractivity contribution < 1.29 is 8.95 Å². The van der Waals surface area contributed by atoms with Crippen LogP contribution in [-0.2, 0) is 22.0 Å². The van der Waals surface area contributed by atoms with Crippen molar-refractivity contribution in [1.82, 2.24) is 0 Å². The predicted molar refractivity (Wildman–Crippen MR) is 88.1 cm³/mol. The zero-order valence-corrected chi connectivity index (χ0v) is 13.5. The van der Waals surface area contributed by atoms with Crippen LogP contribution in [0, 0.1) is 6.92 Å². The van der Waals surface area contributed by atoms with Gasteiger partial charge in [0.05, 0.1) is 19.4 Å². The molecule has 112 valence electrons. The molecule has 0 bridgehead atoms. The van der Waals surface area contributed by atoms with Crippen LogP contribution in [0.3, 0.4) is 0 Å². The number of rotatable bonds is 5. The summed E-state index contributed by atoms with van der Waals surface area (Å²) < 4.78 is 22.1. The van der Waals surface area contributed by atoms with E-state index in [1.807, 2.05) is 55.5 Å². The summed E-state index contributed by atoms with van der Waals surface area (Å²) in [6, 6.07) is 15.7. The molecule has 0 amide bonds. The Bertz CT molecular complexity index is 714. The molecule has 0 N–H and O–H groups in total. The lowest BCUT2D eigenvalue weighted by Crippen LogP contribution is -2.03. The van der Waals surface area contributed by atoms with Crippen LogP contribution in [0.25, 0.3) is 0 Å². The average molecular weight is 303 g/mol. The Labute approximate surface area is 127 Å². The molecule has 1 unspecified atom stereocenters. The first-order valence-electron chi connectivity index (χ1n) is 6.83. The van der Waals surface area contributed by atoms with Crippen LogP contribution in [-0.4, -0.2) is 17.6 Å². The minimum atomic E-state index is -2.23. The lowest BCUT2D eigenvalue weighted by Gasteiger charge is -2.08.